The molecule has 0 aliphatic carbocycles. The molecule has 3 N–H and O–H groups in total. The number of amides is 1. The molecule has 0 saturated carbocycles. The molecule has 0 aliphatic rings. The second kappa shape index (κ2) is 8.58. The van der Waals surface area contributed by atoms with E-state index >= 15 is 0 Å². The minimum atomic E-state index is -0.307. The minimum Gasteiger partial charge on any atom is -0.508 e. The molecule has 0 fully saturated rings. The SMILES string of the molecule is Cc1ncc(CC(C[C@@H](Cc2ccc(O)cc2)N(C)C)C(N)=O)cn1. The number of benzene rings is 1. The monoisotopic (exact) mass is 342 g/mol. The quantitative estimate of drug-likeness (QED) is 0.762. The lowest BCUT2D eigenvalue weighted by atomic mass is 9.90. The Labute approximate surface area is 148 Å². The van der Waals surface area contributed by atoms with Crippen LogP contribution in [-0.2, 0) is 17.6 Å². The molecule has 1 heterocycles. The number of nitrogens with zero attached hydrogens (tertiary/aromatic N) is 3. The van der Waals surface area contributed by atoms with E-state index in [2.05, 4.69) is 14.9 Å². The maximum Gasteiger partial charge on any atom is 0.220 e. The number of primary amides is 1. The molecule has 25 heavy (non-hydrogen) atoms. The Kier molecular flexibility index (Phi) is 6.47. The molecule has 1 aromatic carbocycles. The van der Waals surface area contributed by atoms with Crippen LogP contribution in [0.3, 0.4) is 0 Å². The van der Waals surface area contributed by atoms with Crippen molar-refractivity contribution in [1.82, 2.24) is 14.9 Å². The van der Waals surface area contributed by atoms with Crippen LogP contribution in [0.15, 0.2) is 36.7 Å². The summed E-state index contributed by atoms with van der Waals surface area (Å²) in [6.07, 6.45) is 5.47. The van der Waals surface area contributed by atoms with Gasteiger partial charge in [0.05, 0.1) is 0 Å². The van der Waals surface area contributed by atoms with Crippen molar-refractivity contribution in [3.8, 4) is 5.75 Å². The van der Waals surface area contributed by atoms with Crippen LogP contribution in [0.25, 0.3) is 0 Å². The highest BCUT2D eigenvalue weighted by atomic mass is 16.3. The lowest BCUT2D eigenvalue weighted by Gasteiger charge is -2.27. The Hall–Kier alpha value is -2.47. The molecule has 0 aliphatic heterocycles. The predicted molar refractivity (Wildman–Crippen MR) is 97.1 cm³/mol. The van der Waals surface area contributed by atoms with Crippen molar-refractivity contribution in [2.45, 2.75) is 32.2 Å². The fourth-order valence-electron chi connectivity index (χ4n) is 2.82. The van der Waals surface area contributed by atoms with Gasteiger partial charge in [-0.1, -0.05) is 12.1 Å². The van der Waals surface area contributed by atoms with Gasteiger partial charge in [0.1, 0.15) is 11.6 Å². The van der Waals surface area contributed by atoms with E-state index in [1.807, 2.05) is 33.2 Å². The summed E-state index contributed by atoms with van der Waals surface area (Å²) in [4.78, 5) is 22.4. The topological polar surface area (TPSA) is 92.3 Å². The third-order valence-corrected chi connectivity index (χ3v) is 4.41. The first-order valence-electron chi connectivity index (χ1n) is 8.36. The number of aromatic nitrogens is 2. The van der Waals surface area contributed by atoms with Crippen molar-refractivity contribution in [3.05, 3.63) is 53.6 Å². The zero-order valence-corrected chi connectivity index (χ0v) is 15.0. The molecular formula is C19H26N4O2. The molecule has 2 atom stereocenters. The van der Waals surface area contributed by atoms with E-state index in [0.29, 0.717) is 18.7 Å². The Bertz CT molecular complexity index is 684. The maximum atomic E-state index is 12.0. The Morgan fingerprint density at radius 3 is 2.24 bits per heavy atom. The van der Waals surface area contributed by atoms with Crippen molar-refractivity contribution >= 4 is 5.91 Å². The number of likely N-dealkylation sites (N-methyl/N-ethyl adjacent to an activating group) is 1. The largest absolute Gasteiger partial charge is 0.508 e. The van der Waals surface area contributed by atoms with Crippen molar-refractivity contribution in [2.24, 2.45) is 11.7 Å². The molecule has 1 unspecified atom stereocenters. The van der Waals surface area contributed by atoms with Crippen LogP contribution in [0.4, 0.5) is 0 Å². The zero-order chi connectivity index (χ0) is 18.4. The fourth-order valence-corrected chi connectivity index (χ4v) is 2.82. The van der Waals surface area contributed by atoms with Crippen LogP contribution in [0.2, 0.25) is 0 Å². The molecule has 2 rings (SSSR count). The Morgan fingerprint density at radius 1 is 1.12 bits per heavy atom. The van der Waals surface area contributed by atoms with Crippen LogP contribution >= 0.6 is 0 Å². The molecule has 1 amide bonds. The summed E-state index contributed by atoms with van der Waals surface area (Å²) in [5, 5.41) is 9.42. The van der Waals surface area contributed by atoms with Gasteiger partial charge in [-0.3, -0.25) is 4.79 Å². The third kappa shape index (κ3) is 5.83. The first-order chi connectivity index (χ1) is 11.8. The summed E-state index contributed by atoms with van der Waals surface area (Å²) in [7, 11) is 4.00. The second-order valence-corrected chi connectivity index (χ2v) is 6.67. The summed E-state index contributed by atoms with van der Waals surface area (Å²) >= 11 is 0. The van der Waals surface area contributed by atoms with Gasteiger partial charge in [0.15, 0.2) is 0 Å². The summed E-state index contributed by atoms with van der Waals surface area (Å²) in [5.74, 6) is 0.367. The van der Waals surface area contributed by atoms with E-state index in [4.69, 9.17) is 5.73 Å². The van der Waals surface area contributed by atoms with E-state index < -0.39 is 0 Å². The van der Waals surface area contributed by atoms with E-state index in [1.165, 1.54) is 0 Å². The first kappa shape index (κ1) is 18.9. The number of rotatable bonds is 8. The molecule has 6 nitrogen and oxygen atoms in total. The van der Waals surface area contributed by atoms with E-state index in [-0.39, 0.29) is 23.6 Å². The minimum absolute atomic E-state index is 0.161. The standard InChI is InChI=1S/C19H26N4O2/c1-13-21-11-15(12-22-13)8-16(19(20)25)10-17(23(2)3)9-14-4-6-18(24)7-5-14/h4-7,11-12,16-17,24H,8-10H2,1-3H3,(H2,20,25)/t16?,17-/m1/s1. The van der Waals surface area contributed by atoms with Crippen molar-refractivity contribution in [2.75, 3.05) is 14.1 Å². The van der Waals surface area contributed by atoms with Crippen molar-refractivity contribution in [3.63, 3.8) is 0 Å². The van der Waals surface area contributed by atoms with E-state index in [9.17, 15) is 9.90 Å². The van der Waals surface area contributed by atoms with Crippen molar-refractivity contribution in [1.29, 1.82) is 0 Å². The third-order valence-electron chi connectivity index (χ3n) is 4.41. The van der Waals surface area contributed by atoms with Crippen LogP contribution in [0.5, 0.6) is 5.75 Å². The summed E-state index contributed by atoms with van der Waals surface area (Å²) < 4.78 is 0. The normalized spacial score (nSPS) is 13.6. The van der Waals surface area contributed by atoms with Gasteiger partial charge in [-0.25, -0.2) is 9.97 Å². The zero-order valence-electron chi connectivity index (χ0n) is 15.0. The Morgan fingerprint density at radius 2 is 1.72 bits per heavy atom. The molecular weight excluding hydrogens is 316 g/mol. The molecule has 0 bridgehead atoms. The van der Waals surface area contributed by atoms with Gasteiger partial charge in [0.2, 0.25) is 5.91 Å². The number of carbonyl (C=O) groups excluding carboxylic acids is 1. The number of phenols is 1. The first-order valence-corrected chi connectivity index (χ1v) is 8.36. The van der Waals surface area contributed by atoms with Crippen LogP contribution in [-0.4, -0.2) is 46.0 Å². The highest BCUT2D eigenvalue weighted by Gasteiger charge is 2.23. The highest BCUT2D eigenvalue weighted by Crippen LogP contribution is 2.20. The maximum absolute atomic E-state index is 12.0. The molecule has 0 saturated heterocycles. The summed E-state index contributed by atoms with van der Waals surface area (Å²) in [6.45, 7) is 1.83. The number of phenolic OH excluding ortho intramolecular Hbond substituents is 1. The Balaban J connectivity index is 2.09. The highest BCUT2D eigenvalue weighted by molar-refractivity contribution is 5.77. The number of hydrogen-bond donors (Lipinski definition) is 2. The van der Waals surface area contributed by atoms with E-state index in [1.54, 1.807) is 24.5 Å². The second-order valence-electron chi connectivity index (χ2n) is 6.67. The average Bonchev–Trinajstić information content (AvgIpc) is 2.57. The number of carbonyl (C=O) groups is 1. The molecule has 0 radical (unpaired) electrons. The van der Waals surface area contributed by atoms with Gasteiger partial charge in [-0.2, -0.15) is 0 Å². The number of aromatic hydroxyl groups is 1. The number of nitrogens with two attached hydrogens (primary N) is 1. The van der Waals surface area contributed by atoms with Gasteiger partial charge < -0.3 is 15.7 Å². The summed E-state index contributed by atoms with van der Waals surface area (Å²) in [6, 6.07) is 7.32. The number of hydrogen-bond acceptors (Lipinski definition) is 5. The van der Waals surface area contributed by atoms with Crippen LogP contribution < -0.4 is 5.73 Å². The number of aryl methyl sites for hydroxylation is 1. The smallest absolute Gasteiger partial charge is 0.220 e. The average molecular weight is 342 g/mol. The molecule has 134 valence electrons. The molecule has 6 heteroatoms. The van der Waals surface area contributed by atoms with Crippen molar-refractivity contribution < 1.29 is 9.90 Å². The fraction of sp³-hybridized carbons (Fsp3) is 0.421. The van der Waals surface area contributed by atoms with Gasteiger partial charge in [-0.05, 0) is 63.5 Å². The summed E-state index contributed by atoms with van der Waals surface area (Å²) in [5.41, 5.74) is 7.67. The van der Waals surface area contributed by atoms with Gasteiger partial charge >= 0.3 is 0 Å². The van der Waals surface area contributed by atoms with E-state index in [0.717, 1.165) is 17.5 Å². The van der Waals surface area contributed by atoms with Crippen LogP contribution in [0, 0.1) is 12.8 Å². The van der Waals surface area contributed by atoms with Gasteiger partial charge in [0, 0.05) is 24.4 Å². The lowest BCUT2D eigenvalue weighted by Crippen LogP contribution is -2.36. The van der Waals surface area contributed by atoms with Gasteiger partial charge in [0.25, 0.3) is 0 Å². The van der Waals surface area contributed by atoms with Gasteiger partial charge in [-0.15, -0.1) is 0 Å². The lowest BCUT2D eigenvalue weighted by molar-refractivity contribution is -0.122. The predicted octanol–water partition coefficient (Wildman–Crippen LogP) is 1.70. The molecule has 0 spiro atoms. The molecule has 1 aromatic heterocycles. The van der Waals surface area contributed by atoms with Crippen LogP contribution in [0.1, 0.15) is 23.4 Å². The molecule has 2 aromatic rings.